The zero-order valence-electron chi connectivity index (χ0n) is 10.5. The number of hydrogen-bond acceptors (Lipinski definition) is 4. The van der Waals surface area contributed by atoms with Crippen LogP contribution in [0.25, 0.3) is 10.4 Å². The highest BCUT2D eigenvalue weighted by Gasteiger charge is 2.28. The lowest BCUT2D eigenvalue weighted by atomic mass is 10.0. The molecule has 0 fully saturated rings. The Hall–Kier alpha value is -1.59. The molecule has 1 aromatic heterocycles. The van der Waals surface area contributed by atoms with Crippen LogP contribution in [0.3, 0.4) is 0 Å². The third-order valence-electron chi connectivity index (χ3n) is 3.22. The van der Waals surface area contributed by atoms with Crippen molar-refractivity contribution in [2.24, 2.45) is 0 Å². The van der Waals surface area contributed by atoms with Crippen molar-refractivity contribution in [2.45, 2.75) is 13.5 Å². The lowest BCUT2D eigenvalue weighted by Gasteiger charge is -2.05. The number of thiazole rings is 1. The van der Waals surface area contributed by atoms with Crippen molar-refractivity contribution in [1.82, 2.24) is 9.88 Å². The molecule has 0 saturated carbocycles. The minimum atomic E-state index is -0.0212. The molecule has 1 aromatic carbocycles. The number of carbonyl (C=O) groups excluding carboxylic acids is 1. The topological polar surface area (TPSA) is 59.2 Å². The van der Waals surface area contributed by atoms with Gasteiger partial charge in [-0.3, -0.25) is 4.79 Å². The van der Waals surface area contributed by atoms with E-state index < -0.39 is 0 Å². The maximum Gasteiger partial charge on any atom is 0.255 e. The van der Waals surface area contributed by atoms with Crippen LogP contribution in [0.2, 0.25) is 5.02 Å². The van der Waals surface area contributed by atoms with Gasteiger partial charge in [-0.1, -0.05) is 22.9 Å². The Bertz CT molecular complexity index is 695. The number of aromatic nitrogens is 1. The molecule has 0 aliphatic carbocycles. The highest BCUT2D eigenvalue weighted by atomic mass is 35.5. The van der Waals surface area contributed by atoms with E-state index in [0.717, 1.165) is 21.7 Å². The lowest BCUT2D eigenvalue weighted by Crippen LogP contribution is -2.17. The number of hydrogen-bond donors (Lipinski definition) is 1. The van der Waals surface area contributed by atoms with Gasteiger partial charge in [-0.2, -0.15) is 0 Å². The standard InChI is InChI=1S/C13H12ClN3OS/c1-6-11(19-13(15)16-6)7-3-8-5-17(2)12(18)10(8)9(14)4-7/h3-4H,5H2,1-2H3,(H2,15,16). The van der Waals surface area contributed by atoms with Crippen LogP contribution in [-0.4, -0.2) is 22.8 Å². The SMILES string of the molecule is Cc1nc(N)sc1-c1cc(Cl)c2c(c1)CN(C)C2=O. The first-order valence-electron chi connectivity index (χ1n) is 5.78. The maximum absolute atomic E-state index is 11.9. The molecule has 0 spiro atoms. The van der Waals surface area contributed by atoms with E-state index in [1.165, 1.54) is 11.3 Å². The summed E-state index contributed by atoms with van der Waals surface area (Å²) in [6, 6.07) is 3.82. The van der Waals surface area contributed by atoms with Gasteiger partial charge in [-0.25, -0.2) is 4.98 Å². The fraction of sp³-hybridized carbons (Fsp3) is 0.231. The lowest BCUT2D eigenvalue weighted by molar-refractivity contribution is 0.0816. The van der Waals surface area contributed by atoms with Crippen LogP contribution >= 0.6 is 22.9 Å². The number of anilines is 1. The predicted molar refractivity (Wildman–Crippen MR) is 77.5 cm³/mol. The summed E-state index contributed by atoms with van der Waals surface area (Å²) in [5, 5.41) is 1.03. The number of halogens is 1. The van der Waals surface area contributed by atoms with Gasteiger partial charge in [0.1, 0.15) is 0 Å². The predicted octanol–water partition coefficient (Wildman–Crippen LogP) is 2.94. The van der Waals surface area contributed by atoms with Crippen molar-refractivity contribution in [3.63, 3.8) is 0 Å². The van der Waals surface area contributed by atoms with Gasteiger partial charge in [0.05, 0.1) is 21.2 Å². The van der Waals surface area contributed by atoms with Gasteiger partial charge in [-0.15, -0.1) is 0 Å². The molecule has 0 radical (unpaired) electrons. The van der Waals surface area contributed by atoms with Crippen LogP contribution in [0.15, 0.2) is 12.1 Å². The van der Waals surface area contributed by atoms with E-state index in [9.17, 15) is 4.79 Å². The Labute approximate surface area is 119 Å². The molecule has 19 heavy (non-hydrogen) atoms. The molecule has 6 heteroatoms. The van der Waals surface area contributed by atoms with Gasteiger partial charge in [-0.05, 0) is 30.2 Å². The summed E-state index contributed by atoms with van der Waals surface area (Å²) < 4.78 is 0. The van der Waals surface area contributed by atoms with Gasteiger partial charge >= 0.3 is 0 Å². The van der Waals surface area contributed by atoms with Crippen LogP contribution in [0.4, 0.5) is 5.13 Å². The summed E-state index contributed by atoms with van der Waals surface area (Å²) in [4.78, 5) is 18.8. The van der Waals surface area contributed by atoms with Gasteiger partial charge in [0.25, 0.3) is 5.91 Å². The molecule has 98 valence electrons. The molecule has 2 N–H and O–H groups in total. The first-order chi connectivity index (χ1) is 8.97. The van der Waals surface area contributed by atoms with Gasteiger partial charge in [0.15, 0.2) is 5.13 Å². The van der Waals surface area contributed by atoms with Crippen molar-refractivity contribution in [1.29, 1.82) is 0 Å². The smallest absolute Gasteiger partial charge is 0.255 e. The highest BCUT2D eigenvalue weighted by Crippen LogP contribution is 2.37. The highest BCUT2D eigenvalue weighted by molar-refractivity contribution is 7.18. The minimum Gasteiger partial charge on any atom is -0.375 e. The number of nitrogens with two attached hydrogens (primary N) is 1. The van der Waals surface area contributed by atoms with Crippen molar-refractivity contribution in [3.8, 4) is 10.4 Å². The average molecular weight is 294 g/mol. The monoisotopic (exact) mass is 293 g/mol. The summed E-state index contributed by atoms with van der Waals surface area (Å²) in [6.45, 7) is 2.51. The Balaban J connectivity index is 2.17. The van der Waals surface area contributed by atoms with Crippen LogP contribution < -0.4 is 5.73 Å². The van der Waals surface area contributed by atoms with E-state index in [2.05, 4.69) is 4.98 Å². The quantitative estimate of drug-likeness (QED) is 0.879. The largest absolute Gasteiger partial charge is 0.375 e. The van der Waals surface area contributed by atoms with Gasteiger partial charge in [0.2, 0.25) is 0 Å². The Kier molecular flexibility index (Phi) is 2.76. The number of nitrogens with zero attached hydrogens (tertiary/aromatic N) is 2. The second-order valence-electron chi connectivity index (χ2n) is 4.62. The summed E-state index contributed by atoms with van der Waals surface area (Å²) in [7, 11) is 1.77. The number of amides is 1. The first-order valence-corrected chi connectivity index (χ1v) is 6.98. The number of aryl methyl sites for hydroxylation is 1. The van der Waals surface area contributed by atoms with Crippen molar-refractivity contribution in [3.05, 3.63) is 34.0 Å². The fourth-order valence-corrected chi connectivity index (χ4v) is 3.50. The Morgan fingerprint density at radius 1 is 1.47 bits per heavy atom. The second-order valence-corrected chi connectivity index (χ2v) is 6.06. The number of fused-ring (bicyclic) bond motifs is 1. The van der Waals surface area contributed by atoms with Crippen LogP contribution in [-0.2, 0) is 6.54 Å². The van der Waals surface area contributed by atoms with E-state index >= 15 is 0 Å². The van der Waals surface area contributed by atoms with Crippen LogP contribution in [0, 0.1) is 6.92 Å². The molecule has 0 bridgehead atoms. The molecule has 2 heterocycles. The Morgan fingerprint density at radius 3 is 2.84 bits per heavy atom. The van der Waals surface area contributed by atoms with E-state index in [-0.39, 0.29) is 5.91 Å². The molecule has 2 aromatic rings. The number of benzene rings is 1. The first kappa shape index (κ1) is 12.4. The fourth-order valence-electron chi connectivity index (χ4n) is 2.36. The van der Waals surface area contributed by atoms with Gasteiger partial charge < -0.3 is 10.6 Å². The van der Waals surface area contributed by atoms with E-state index in [0.29, 0.717) is 22.3 Å². The van der Waals surface area contributed by atoms with Crippen LogP contribution in [0.5, 0.6) is 0 Å². The minimum absolute atomic E-state index is 0.0212. The Morgan fingerprint density at radius 2 is 2.21 bits per heavy atom. The number of rotatable bonds is 1. The van der Waals surface area contributed by atoms with Crippen molar-refractivity contribution >= 4 is 34.0 Å². The third-order valence-corrected chi connectivity index (χ3v) is 4.55. The number of carbonyl (C=O) groups is 1. The zero-order chi connectivity index (χ0) is 13.7. The van der Waals surface area contributed by atoms with Gasteiger partial charge in [0, 0.05) is 13.6 Å². The zero-order valence-corrected chi connectivity index (χ0v) is 12.1. The molecule has 4 nitrogen and oxygen atoms in total. The molecule has 0 unspecified atom stereocenters. The summed E-state index contributed by atoms with van der Waals surface area (Å²) in [5.41, 5.74) is 9.15. The van der Waals surface area contributed by atoms with E-state index in [4.69, 9.17) is 17.3 Å². The molecule has 1 aliphatic rings. The molecular formula is C13H12ClN3OS. The molecular weight excluding hydrogens is 282 g/mol. The van der Waals surface area contributed by atoms with E-state index in [1.54, 1.807) is 11.9 Å². The molecule has 0 saturated heterocycles. The summed E-state index contributed by atoms with van der Waals surface area (Å²) in [5.74, 6) is -0.0212. The molecule has 0 atom stereocenters. The third kappa shape index (κ3) is 1.89. The summed E-state index contributed by atoms with van der Waals surface area (Å²) >= 11 is 7.68. The van der Waals surface area contributed by atoms with Crippen molar-refractivity contribution in [2.75, 3.05) is 12.8 Å². The van der Waals surface area contributed by atoms with Crippen molar-refractivity contribution < 1.29 is 4.79 Å². The molecule has 3 rings (SSSR count). The van der Waals surface area contributed by atoms with Crippen LogP contribution in [0.1, 0.15) is 21.6 Å². The molecule has 1 aliphatic heterocycles. The average Bonchev–Trinajstić information content (AvgIpc) is 2.80. The number of nitrogen functional groups attached to an aromatic ring is 1. The summed E-state index contributed by atoms with van der Waals surface area (Å²) in [6.07, 6.45) is 0. The normalized spacial score (nSPS) is 14.1. The van der Waals surface area contributed by atoms with E-state index in [1.807, 2.05) is 19.1 Å². The molecule has 1 amide bonds. The second kappa shape index (κ2) is 4.21. The maximum atomic E-state index is 11.9.